The van der Waals surface area contributed by atoms with Gasteiger partial charge in [0.1, 0.15) is 11.3 Å². The normalized spacial score (nSPS) is 11.1. The van der Waals surface area contributed by atoms with Gasteiger partial charge in [0.05, 0.1) is 0 Å². The molecular formula is C19H18O3. The first-order chi connectivity index (χ1) is 10.5. The van der Waals surface area contributed by atoms with Crippen LogP contribution in [0, 0.1) is 6.92 Å². The van der Waals surface area contributed by atoms with Gasteiger partial charge in [0, 0.05) is 5.39 Å². The van der Waals surface area contributed by atoms with Crippen LogP contribution in [0.5, 0.6) is 11.5 Å². The van der Waals surface area contributed by atoms with Crippen molar-refractivity contribution in [3.8, 4) is 11.5 Å². The monoisotopic (exact) mass is 294 g/mol. The van der Waals surface area contributed by atoms with Crippen LogP contribution in [0.15, 0.2) is 57.7 Å². The Labute approximate surface area is 129 Å². The molecule has 2 aromatic carbocycles. The lowest BCUT2D eigenvalue weighted by molar-refractivity contribution is 0.431. The number of ether oxygens (including phenoxy) is 1. The summed E-state index contributed by atoms with van der Waals surface area (Å²) in [5.74, 6) is 1.23. The first-order valence-electron chi connectivity index (χ1n) is 7.36. The quantitative estimate of drug-likeness (QED) is 0.637. The number of hydrogen-bond donors (Lipinski definition) is 0. The number of para-hydroxylation sites is 1. The van der Waals surface area contributed by atoms with E-state index in [1.54, 1.807) is 12.1 Å². The molecule has 0 aliphatic carbocycles. The highest BCUT2D eigenvalue weighted by Crippen LogP contribution is 2.31. The number of aryl methyl sites for hydroxylation is 1. The van der Waals surface area contributed by atoms with Crippen molar-refractivity contribution in [1.29, 1.82) is 0 Å². The molecule has 0 saturated carbocycles. The Morgan fingerprint density at radius 1 is 1.00 bits per heavy atom. The smallest absolute Gasteiger partial charge is 0.379 e. The average molecular weight is 294 g/mol. The van der Waals surface area contributed by atoms with Crippen molar-refractivity contribution in [3.63, 3.8) is 0 Å². The average Bonchev–Trinajstić information content (AvgIpc) is 2.48. The molecule has 1 aromatic heterocycles. The van der Waals surface area contributed by atoms with Gasteiger partial charge in [-0.05, 0) is 42.2 Å². The van der Waals surface area contributed by atoms with Gasteiger partial charge in [-0.2, -0.15) is 0 Å². The van der Waals surface area contributed by atoms with E-state index in [1.165, 1.54) is 0 Å². The van der Waals surface area contributed by atoms with Gasteiger partial charge < -0.3 is 9.15 Å². The summed E-state index contributed by atoms with van der Waals surface area (Å²) < 4.78 is 11.2. The van der Waals surface area contributed by atoms with Gasteiger partial charge in [0.15, 0.2) is 0 Å². The van der Waals surface area contributed by atoms with Gasteiger partial charge in [-0.1, -0.05) is 44.2 Å². The van der Waals surface area contributed by atoms with Crippen molar-refractivity contribution >= 4 is 11.0 Å². The van der Waals surface area contributed by atoms with Crippen molar-refractivity contribution in [3.05, 3.63) is 70.1 Å². The van der Waals surface area contributed by atoms with Crippen molar-refractivity contribution < 1.29 is 9.15 Å². The van der Waals surface area contributed by atoms with Gasteiger partial charge in [-0.3, -0.25) is 0 Å². The second kappa shape index (κ2) is 5.68. The standard InChI is InChI=1S/C19H18O3/c1-12(2)15-9-8-13(3)10-17(15)21-18-11-14-6-4-5-7-16(14)22-19(18)20/h4-12H,1-3H3. The zero-order chi connectivity index (χ0) is 15.7. The number of benzene rings is 2. The molecule has 3 rings (SSSR count). The summed E-state index contributed by atoms with van der Waals surface area (Å²) in [4.78, 5) is 12.1. The maximum Gasteiger partial charge on any atom is 0.379 e. The molecule has 0 unspecified atom stereocenters. The molecule has 0 aliphatic rings. The molecule has 0 bridgehead atoms. The van der Waals surface area contributed by atoms with Crippen LogP contribution in [0.1, 0.15) is 30.9 Å². The van der Waals surface area contributed by atoms with E-state index in [1.807, 2.05) is 43.3 Å². The summed E-state index contributed by atoms with van der Waals surface area (Å²) in [5.41, 5.74) is 2.26. The third-order valence-electron chi connectivity index (χ3n) is 3.62. The zero-order valence-electron chi connectivity index (χ0n) is 12.9. The fraction of sp³-hybridized carbons (Fsp3) is 0.211. The molecule has 22 heavy (non-hydrogen) atoms. The van der Waals surface area contributed by atoms with E-state index in [0.29, 0.717) is 17.3 Å². The van der Waals surface area contributed by atoms with Crippen LogP contribution < -0.4 is 10.4 Å². The van der Waals surface area contributed by atoms with Crippen LogP contribution in [0.2, 0.25) is 0 Å². The SMILES string of the molecule is Cc1ccc(C(C)C)c(Oc2cc3ccccc3oc2=O)c1. The maximum absolute atomic E-state index is 12.1. The summed E-state index contributed by atoms with van der Waals surface area (Å²) in [6, 6.07) is 15.2. The van der Waals surface area contributed by atoms with E-state index in [4.69, 9.17) is 9.15 Å². The first-order valence-corrected chi connectivity index (χ1v) is 7.36. The molecule has 0 amide bonds. The molecule has 3 nitrogen and oxygen atoms in total. The molecule has 0 spiro atoms. The van der Waals surface area contributed by atoms with E-state index in [-0.39, 0.29) is 5.75 Å². The number of hydrogen-bond acceptors (Lipinski definition) is 3. The van der Waals surface area contributed by atoms with Gasteiger partial charge in [-0.25, -0.2) is 4.79 Å². The third-order valence-corrected chi connectivity index (χ3v) is 3.62. The van der Waals surface area contributed by atoms with Crippen LogP contribution in [0.3, 0.4) is 0 Å². The Morgan fingerprint density at radius 3 is 2.55 bits per heavy atom. The summed E-state index contributed by atoms with van der Waals surface area (Å²) in [5, 5.41) is 0.843. The summed E-state index contributed by atoms with van der Waals surface area (Å²) >= 11 is 0. The number of rotatable bonds is 3. The van der Waals surface area contributed by atoms with Gasteiger partial charge in [-0.15, -0.1) is 0 Å². The Bertz CT molecular complexity index is 875. The Hall–Kier alpha value is -2.55. The van der Waals surface area contributed by atoms with Crippen LogP contribution in [-0.4, -0.2) is 0 Å². The Morgan fingerprint density at radius 2 is 1.77 bits per heavy atom. The maximum atomic E-state index is 12.1. The Balaban J connectivity index is 2.08. The summed E-state index contributed by atoms with van der Waals surface area (Å²) in [6.07, 6.45) is 0. The fourth-order valence-corrected chi connectivity index (χ4v) is 2.44. The third kappa shape index (κ3) is 2.75. The molecule has 0 saturated heterocycles. The molecule has 0 radical (unpaired) electrons. The lowest BCUT2D eigenvalue weighted by atomic mass is 10.0. The minimum absolute atomic E-state index is 0.214. The van der Waals surface area contributed by atoms with E-state index in [2.05, 4.69) is 13.8 Å². The highest BCUT2D eigenvalue weighted by atomic mass is 16.5. The molecule has 3 heteroatoms. The molecule has 3 aromatic rings. The topological polar surface area (TPSA) is 39.4 Å². The minimum atomic E-state index is -0.463. The van der Waals surface area contributed by atoms with Crippen molar-refractivity contribution in [2.24, 2.45) is 0 Å². The van der Waals surface area contributed by atoms with Gasteiger partial charge in [0.2, 0.25) is 5.75 Å². The van der Waals surface area contributed by atoms with Crippen molar-refractivity contribution in [1.82, 2.24) is 0 Å². The minimum Gasteiger partial charge on any atom is -0.449 e. The van der Waals surface area contributed by atoms with Gasteiger partial charge in [0.25, 0.3) is 0 Å². The van der Waals surface area contributed by atoms with E-state index in [9.17, 15) is 4.79 Å². The predicted molar refractivity (Wildman–Crippen MR) is 87.8 cm³/mol. The van der Waals surface area contributed by atoms with Crippen LogP contribution in [-0.2, 0) is 0 Å². The molecule has 0 N–H and O–H groups in total. The lowest BCUT2D eigenvalue weighted by Gasteiger charge is -2.14. The summed E-state index contributed by atoms with van der Waals surface area (Å²) in [7, 11) is 0. The van der Waals surface area contributed by atoms with Crippen molar-refractivity contribution in [2.45, 2.75) is 26.7 Å². The van der Waals surface area contributed by atoms with E-state index >= 15 is 0 Å². The van der Waals surface area contributed by atoms with E-state index in [0.717, 1.165) is 16.5 Å². The molecule has 0 aliphatic heterocycles. The second-order valence-electron chi connectivity index (χ2n) is 5.73. The molecular weight excluding hydrogens is 276 g/mol. The fourth-order valence-electron chi connectivity index (χ4n) is 2.44. The molecule has 112 valence electrons. The lowest BCUT2D eigenvalue weighted by Crippen LogP contribution is -2.04. The van der Waals surface area contributed by atoms with Crippen molar-refractivity contribution in [2.75, 3.05) is 0 Å². The number of fused-ring (bicyclic) bond motifs is 1. The van der Waals surface area contributed by atoms with Crippen LogP contribution in [0.25, 0.3) is 11.0 Å². The zero-order valence-corrected chi connectivity index (χ0v) is 12.9. The first kappa shape index (κ1) is 14.4. The van der Waals surface area contributed by atoms with E-state index < -0.39 is 5.63 Å². The Kier molecular flexibility index (Phi) is 3.72. The largest absolute Gasteiger partial charge is 0.449 e. The predicted octanol–water partition coefficient (Wildman–Crippen LogP) is 5.02. The van der Waals surface area contributed by atoms with Crippen LogP contribution in [0.4, 0.5) is 0 Å². The van der Waals surface area contributed by atoms with Crippen LogP contribution >= 0.6 is 0 Å². The molecule has 0 fully saturated rings. The molecule has 0 atom stereocenters. The highest BCUT2D eigenvalue weighted by molar-refractivity contribution is 5.77. The second-order valence-corrected chi connectivity index (χ2v) is 5.73. The summed E-state index contributed by atoms with van der Waals surface area (Å²) in [6.45, 7) is 6.20. The molecule has 1 heterocycles. The van der Waals surface area contributed by atoms with Gasteiger partial charge >= 0.3 is 5.63 Å². The highest BCUT2D eigenvalue weighted by Gasteiger charge is 2.12.